The summed E-state index contributed by atoms with van der Waals surface area (Å²) in [7, 11) is -3.46. The van der Waals surface area contributed by atoms with E-state index >= 15 is 0 Å². The Kier molecular flexibility index (Phi) is 3.45. The number of hydrogen-bond acceptors (Lipinski definition) is 3. The number of fused-ring (bicyclic) bond motifs is 1. The van der Waals surface area contributed by atoms with Gasteiger partial charge in [0.05, 0.1) is 11.0 Å². The minimum atomic E-state index is -3.46. The Morgan fingerprint density at radius 2 is 1.95 bits per heavy atom. The molecule has 1 heterocycles. The molecule has 2 aliphatic rings. The summed E-state index contributed by atoms with van der Waals surface area (Å²) in [5.41, 5.74) is 0. The zero-order valence-electron chi connectivity index (χ0n) is 10.4. The molecule has 1 aromatic carbocycles. The Balaban J connectivity index is 1.89. The molecule has 0 aromatic heterocycles. The molecule has 4 nitrogen and oxygen atoms in total. The Hall–Kier alpha value is -0.430. The lowest BCUT2D eigenvalue weighted by Gasteiger charge is -2.19. The fraction of sp³-hybridized carbons (Fsp3) is 0.538. The van der Waals surface area contributed by atoms with Gasteiger partial charge < -0.3 is 5.11 Å². The lowest BCUT2D eigenvalue weighted by atomic mass is 10.00. The molecule has 1 saturated carbocycles. The highest BCUT2D eigenvalue weighted by molar-refractivity contribution is 9.10. The Morgan fingerprint density at radius 1 is 1.21 bits per heavy atom. The molecule has 1 aliphatic heterocycles. The molecular weight excluding hydrogens is 330 g/mol. The summed E-state index contributed by atoms with van der Waals surface area (Å²) in [6.07, 6.45) is 1.39. The van der Waals surface area contributed by atoms with Crippen LogP contribution in [0.4, 0.5) is 0 Å². The molecule has 0 amide bonds. The van der Waals surface area contributed by atoms with Gasteiger partial charge in [0.25, 0.3) is 0 Å². The Morgan fingerprint density at radius 3 is 2.63 bits per heavy atom. The van der Waals surface area contributed by atoms with E-state index in [2.05, 4.69) is 15.9 Å². The predicted molar refractivity (Wildman–Crippen MR) is 75.1 cm³/mol. The zero-order valence-corrected chi connectivity index (χ0v) is 12.8. The van der Waals surface area contributed by atoms with E-state index in [4.69, 9.17) is 0 Å². The minimum Gasteiger partial charge on any atom is -0.393 e. The number of halogens is 1. The number of rotatable bonds is 2. The molecule has 1 saturated heterocycles. The second-order valence-electron chi connectivity index (χ2n) is 5.32. The van der Waals surface area contributed by atoms with E-state index in [-0.39, 0.29) is 12.0 Å². The van der Waals surface area contributed by atoms with Crippen LogP contribution in [-0.4, -0.2) is 37.0 Å². The van der Waals surface area contributed by atoms with Crippen molar-refractivity contribution in [3.63, 3.8) is 0 Å². The topological polar surface area (TPSA) is 57.6 Å². The molecule has 6 heteroatoms. The van der Waals surface area contributed by atoms with Gasteiger partial charge in [-0.2, -0.15) is 4.31 Å². The van der Waals surface area contributed by atoms with E-state index in [0.29, 0.717) is 28.4 Å². The average Bonchev–Trinajstić information content (AvgIpc) is 2.93. The second kappa shape index (κ2) is 4.84. The summed E-state index contributed by atoms with van der Waals surface area (Å²) in [6.45, 7) is 0.973. The standard InChI is InChI=1S/C13H16BrNO3S/c14-11-3-1-2-4-13(11)19(17,18)15-7-9-5-6-12(16)10(9)8-15/h1-4,9-10,12,16H,5-8H2. The minimum absolute atomic E-state index is 0.109. The molecule has 19 heavy (non-hydrogen) atoms. The van der Waals surface area contributed by atoms with Gasteiger partial charge in [0.1, 0.15) is 0 Å². The number of sulfonamides is 1. The van der Waals surface area contributed by atoms with Crippen LogP contribution in [0.25, 0.3) is 0 Å². The van der Waals surface area contributed by atoms with Crippen molar-refractivity contribution in [3.05, 3.63) is 28.7 Å². The Bertz CT molecular complexity index is 589. The highest BCUT2D eigenvalue weighted by atomic mass is 79.9. The van der Waals surface area contributed by atoms with Gasteiger partial charge in [-0.15, -0.1) is 0 Å². The molecule has 0 radical (unpaired) electrons. The molecule has 3 atom stereocenters. The highest BCUT2D eigenvalue weighted by Crippen LogP contribution is 2.40. The molecule has 3 rings (SSSR count). The fourth-order valence-corrected chi connectivity index (χ4v) is 5.68. The first-order valence-electron chi connectivity index (χ1n) is 6.43. The van der Waals surface area contributed by atoms with Crippen molar-refractivity contribution in [2.45, 2.75) is 23.8 Å². The van der Waals surface area contributed by atoms with Gasteiger partial charge >= 0.3 is 0 Å². The first-order chi connectivity index (χ1) is 9.00. The summed E-state index contributed by atoms with van der Waals surface area (Å²) < 4.78 is 27.3. The van der Waals surface area contributed by atoms with Gasteiger partial charge in [-0.3, -0.25) is 0 Å². The van der Waals surface area contributed by atoms with Crippen LogP contribution in [0.5, 0.6) is 0 Å². The lowest BCUT2D eigenvalue weighted by Crippen LogP contribution is -2.31. The molecule has 104 valence electrons. The van der Waals surface area contributed by atoms with Crippen molar-refractivity contribution in [1.29, 1.82) is 0 Å². The summed E-state index contributed by atoms with van der Waals surface area (Å²) in [6, 6.07) is 6.87. The van der Waals surface area contributed by atoms with E-state index in [0.717, 1.165) is 12.8 Å². The van der Waals surface area contributed by atoms with E-state index in [9.17, 15) is 13.5 Å². The molecule has 1 N–H and O–H groups in total. The van der Waals surface area contributed by atoms with Gasteiger partial charge in [0, 0.05) is 23.5 Å². The van der Waals surface area contributed by atoms with Crippen LogP contribution in [0, 0.1) is 11.8 Å². The van der Waals surface area contributed by atoms with Crippen molar-refractivity contribution in [2.24, 2.45) is 11.8 Å². The number of benzene rings is 1. The maximum absolute atomic E-state index is 12.6. The molecule has 0 bridgehead atoms. The summed E-state index contributed by atoms with van der Waals surface area (Å²) >= 11 is 3.30. The van der Waals surface area contributed by atoms with E-state index in [1.807, 2.05) is 0 Å². The van der Waals surface area contributed by atoms with Crippen molar-refractivity contribution in [2.75, 3.05) is 13.1 Å². The van der Waals surface area contributed by atoms with Gasteiger partial charge in [0.15, 0.2) is 0 Å². The van der Waals surface area contributed by atoms with Crippen molar-refractivity contribution in [3.8, 4) is 0 Å². The van der Waals surface area contributed by atoms with Gasteiger partial charge in [-0.1, -0.05) is 12.1 Å². The van der Waals surface area contributed by atoms with Crippen molar-refractivity contribution in [1.82, 2.24) is 4.31 Å². The van der Waals surface area contributed by atoms with Crippen LogP contribution < -0.4 is 0 Å². The molecule has 1 aromatic rings. The monoisotopic (exact) mass is 345 g/mol. The van der Waals surface area contributed by atoms with Gasteiger partial charge in [-0.05, 0) is 46.8 Å². The van der Waals surface area contributed by atoms with Crippen LogP contribution in [0.2, 0.25) is 0 Å². The van der Waals surface area contributed by atoms with E-state index < -0.39 is 10.0 Å². The maximum atomic E-state index is 12.6. The van der Waals surface area contributed by atoms with Gasteiger partial charge in [0.2, 0.25) is 10.0 Å². The average molecular weight is 346 g/mol. The van der Waals surface area contributed by atoms with Crippen molar-refractivity contribution < 1.29 is 13.5 Å². The van der Waals surface area contributed by atoms with Crippen LogP contribution >= 0.6 is 15.9 Å². The third-order valence-corrected chi connectivity index (χ3v) is 7.08. The van der Waals surface area contributed by atoms with Crippen molar-refractivity contribution >= 4 is 26.0 Å². The molecule has 0 spiro atoms. The van der Waals surface area contributed by atoms with E-state index in [1.54, 1.807) is 24.3 Å². The number of hydrogen-bond donors (Lipinski definition) is 1. The number of nitrogens with zero attached hydrogens (tertiary/aromatic N) is 1. The molecule has 1 aliphatic carbocycles. The first-order valence-corrected chi connectivity index (χ1v) is 8.66. The third-order valence-electron chi connectivity index (χ3n) is 4.24. The summed E-state index contributed by atoms with van der Waals surface area (Å²) in [4.78, 5) is 0.310. The largest absolute Gasteiger partial charge is 0.393 e. The lowest BCUT2D eigenvalue weighted by molar-refractivity contribution is 0.129. The smallest absolute Gasteiger partial charge is 0.244 e. The zero-order chi connectivity index (χ0) is 13.6. The van der Waals surface area contributed by atoms with Crippen LogP contribution in [-0.2, 0) is 10.0 Å². The summed E-state index contributed by atoms with van der Waals surface area (Å²) in [5.74, 6) is 0.421. The number of aliphatic hydroxyl groups is 1. The van der Waals surface area contributed by atoms with E-state index in [1.165, 1.54) is 4.31 Å². The first kappa shape index (κ1) is 13.5. The molecule has 3 unspecified atom stereocenters. The normalized spacial score (nSPS) is 31.6. The maximum Gasteiger partial charge on any atom is 0.244 e. The molecular formula is C13H16BrNO3S. The molecule has 2 fully saturated rings. The SMILES string of the molecule is O=S(=O)(c1ccccc1Br)N1CC2CCC(O)C2C1. The number of aliphatic hydroxyl groups excluding tert-OH is 1. The van der Waals surface area contributed by atoms with Crippen LogP contribution in [0.3, 0.4) is 0 Å². The Labute approximate surface area is 121 Å². The van der Waals surface area contributed by atoms with Gasteiger partial charge in [-0.25, -0.2) is 8.42 Å². The predicted octanol–water partition coefficient (Wildman–Crippen LogP) is 1.84. The van der Waals surface area contributed by atoms with Crippen LogP contribution in [0.1, 0.15) is 12.8 Å². The van der Waals surface area contributed by atoms with Crippen LogP contribution in [0.15, 0.2) is 33.6 Å². The third kappa shape index (κ3) is 2.24. The highest BCUT2D eigenvalue weighted by Gasteiger charge is 2.45. The quantitative estimate of drug-likeness (QED) is 0.889. The second-order valence-corrected chi connectivity index (χ2v) is 8.08. The summed E-state index contributed by atoms with van der Waals surface area (Å²) in [5, 5.41) is 9.88. The fourth-order valence-electron chi connectivity index (χ4n) is 3.19.